The Morgan fingerprint density at radius 2 is 2.41 bits per heavy atom. The monoisotopic (exact) mass is 234 g/mol. The van der Waals surface area contributed by atoms with Gasteiger partial charge in [0, 0.05) is 13.1 Å². The second-order valence-corrected chi connectivity index (χ2v) is 5.32. The number of rotatable bonds is 2. The highest BCUT2D eigenvalue weighted by atomic mass is 16.5. The number of allylic oxidation sites excluding steroid dienone is 1. The van der Waals surface area contributed by atoms with Gasteiger partial charge in [-0.2, -0.15) is 5.26 Å². The van der Waals surface area contributed by atoms with Gasteiger partial charge in [0.2, 0.25) is 0 Å². The predicted octanol–water partition coefficient (Wildman–Crippen LogP) is 2.20. The number of nitriles is 1. The van der Waals surface area contributed by atoms with Crippen molar-refractivity contribution in [1.82, 2.24) is 4.90 Å². The fourth-order valence-electron chi connectivity index (χ4n) is 2.93. The first kappa shape index (κ1) is 12.6. The van der Waals surface area contributed by atoms with Gasteiger partial charge in [0.1, 0.15) is 6.04 Å². The number of hydrogen-bond acceptors (Lipinski definition) is 3. The van der Waals surface area contributed by atoms with Gasteiger partial charge in [0.05, 0.1) is 19.3 Å². The molecule has 1 fully saturated rings. The van der Waals surface area contributed by atoms with E-state index in [1.54, 1.807) is 0 Å². The summed E-state index contributed by atoms with van der Waals surface area (Å²) in [5, 5.41) is 9.14. The summed E-state index contributed by atoms with van der Waals surface area (Å²) in [4.78, 5) is 2.30. The molecular weight excluding hydrogens is 212 g/mol. The zero-order valence-electron chi connectivity index (χ0n) is 10.9. The minimum atomic E-state index is -0.0503. The van der Waals surface area contributed by atoms with Crippen LogP contribution in [-0.4, -0.2) is 37.2 Å². The number of ether oxygens (including phenoxy) is 1. The second-order valence-electron chi connectivity index (χ2n) is 5.32. The molecule has 0 bridgehead atoms. The molecule has 0 amide bonds. The molecule has 2 aliphatic rings. The standard InChI is InChI=1S/C14H22N2O/c1-11-4-3-5-12(2)14(11)9-16-6-7-17-10-13(16)8-15/h4,12-14H,3,5-7,9-10H2,1-2H3/t12-,13-,14+/m0/s1. The lowest BCUT2D eigenvalue weighted by atomic mass is 9.79. The van der Waals surface area contributed by atoms with Crippen LogP contribution in [0.2, 0.25) is 0 Å². The highest BCUT2D eigenvalue weighted by molar-refractivity contribution is 5.10. The summed E-state index contributed by atoms with van der Waals surface area (Å²) in [6.07, 6.45) is 4.87. The SMILES string of the molecule is CC1=CCC[C@H](C)[C@@H]1CN1CCOC[C@@H]1C#N. The van der Waals surface area contributed by atoms with E-state index in [1.165, 1.54) is 18.4 Å². The minimum Gasteiger partial charge on any atom is -0.377 e. The summed E-state index contributed by atoms with van der Waals surface area (Å²) in [7, 11) is 0. The van der Waals surface area contributed by atoms with Crippen molar-refractivity contribution in [3.05, 3.63) is 11.6 Å². The number of hydrogen-bond donors (Lipinski definition) is 0. The van der Waals surface area contributed by atoms with Crippen molar-refractivity contribution in [2.24, 2.45) is 11.8 Å². The van der Waals surface area contributed by atoms with E-state index in [0.29, 0.717) is 12.5 Å². The molecule has 1 aliphatic carbocycles. The van der Waals surface area contributed by atoms with E-state index in [2.05, 4.69) is 30.9 Å². The van der Waals surface area contributed by atoms with Crippen molar-refractivity contribution in [3.8, 4) is 6.07 Å². The maximum atomic E-state index is 9.14. The maximum Gasteiger partial charge on any atom is 0.121 e. The molecule has 0 unspecified atom stereocenters. The largest absolute Gasteiger partial charge is 0.377 e. The average molecular weight is 234 g/mol. The van der Waals surface area contributed by atoms with E-state index >= 15 is 0 Å². The van der Waals surface area contributed by atoms with Crippen LogP contribution in [0.5, 0.6) is 0 Å². The van der Waals surface area contributed by atoms with E-state index < -0.39 is 0 Å². The Morgan fingerprint density at radius 1 is 1.59 bits per heavy atom. The lowest BCUT2D eigenvalue weighted by molar-refractivity contribution is 0.00410. The second kappa shape index (κ2) is 5.66. The zero-order chi connectivity index (χ0) is 12.3. The Balaban J connectivity index is 2.01. The quantitative estimate of drug-likeness (QED) is 0.687. The lowest BCUT2D eigenvalue weighted by Crippen LogP contribution is -2.47. The summed E-state index contributed by atoms with van der Waals surface area (Å²) < 4.78 is 5.37. The lowest BCUT2D eigenvalue weighted by Gasteiger charge is -2.37. The number of morpholine rings is 1. The molecule has 0 aromatic heterocycles. The van der Waals surface area contributed by atoms with Crippen molar-refractivity contribution in [2.45, 2.75) is 32.7 Å². The molecule has 0 radical (unpaired) electrons. The molecule has 1 heterocycles. The summed E-state index contributed by atoms with van der Waals surface area (Å²) in [6.45, 7) is 7.83. The van der Waals surface area contributed by atoms with Crippen LogP contribution in [-0.2, 0) is 4.74 Å². The third-order valence-corrected chi connectivity index (χ3v) is 4.18. The smallest absolute Gasteiger partial charge is 0.121 e. The predicted molar refractivity (Wildman–Crippen MR) is 67.4 cm³/mol. The van der Waals surface area contributed by atoms with Crippen molar-refractivity contribution < 1.29 is 4.74 Å². The molecule has 0 spiro atoms. The van der Waals surface area contributed by atoms with Gasteiger partial charge in [-0.15, -0.1) is 0 Å². The molecule has 0 aromatic carbocycles. The van der Waals surface area contributed by atoms with E-state index in [0.717, 1.165) is 25.6 Å². The van der Waals surface area contributed by atoms with Crippen molar-refractivity contribution in [2.75, 3.05) is 26.3 Å². The van der Waals surface area contributed by atoms with Crippen LogP contribution >= 0.6 is 0 Å². The Labute approximate surface area is 104 Å². The molecule has 1 saturated heterocycles. The van der Waals surface area contributed by atoms with Crippen molar-refractivity contribution >= 4 is 0 Å². The molecule has 0 saturated carbocycles. The molecule has 0 N–H and O–H groups in total. The summed E-state index contributed by atoms with van der Waals surface area (Å²) >= 11 is 0. The van der Waals surface area contributed by atoms with Gasteiger partial charge in [0.25, 0.3) is 0 Å². The first-order chi connectivity index (χ1) is 8.22. The molecule has 1 aliphatic heterocycles. The van der Waals surface area contributed by atoms with Crippen LogP contribution < -0.4 is 0 Å². The minimum absolute atomic E-state index is 0.0503. The normalized spacial score (nSPS) is 35.1. The topological polar surface area (TPSA) is 36.3 Å². The molecule has 94 valence electrons. The summed E-state index contributed by atoms with van der Waals surface area (Å²) in [5.74, 6) is 1.36. The Hall–Kier alpha value is -0.850. The van der Waals surface area contributed by atoms with Gasteiger partial charge in [-0.3, -0.25) is 4.90 Å². The summed E-state index contributed by atoms with van der Waals surface area (Å²) in [6, 6.07) is 2.30. The number of nitrogens with zero attached hydrogens (tertiary/aromatic N) is 2. The van der Waals surface area contributed by atoms with Gasteiger partial charge >= 0.3 is 0 Å². The van der Waals surface area contributed by atoms with Crippen molar-refractivity contribution in [3.63, 3.8) is 0 Å². The molecule has 2 rings (SSSR count). The van der Waals surface area contributed by atoms with Crippen molar-refractivity contribution in [1.29, 1.82) is 5.26 Å². The fourth-order valence-corrected chi connectivity index (χ4v) is 2.93. The molecule has 17 heavy (non-hydrogen) atoms. The highest BCUT2D eigenvalue weighted by Crippen LogP contribution is 2.31. The third kappa shape index (κ3) is 2.88. The van der Waals surface area contributed by atoms with E-state index in [-0.39, 0.29) is 6.04 Å². The van der Waals surface area contributed by atoms with Gasteiger partial charge < -0.3 is 4.74 Å². The third-order valence-electron chi connectivity index (χ3n) is 4.18. The molecular formula is C14H22N2O. The van der Waals surface area contributed by atoms with Crippen LogP contribution in [0, 0.1) is 23.2 Å². The van der Waals surface area contributed by atoms with Gasteiger partial charge in [0.15, 0.2) is 0 Å². The highest BCUT2D eigenvalue weighted by Gasteiger charge is 2.29. The van der Waals surface area contributed by atoms with Gasteiger partial charge in [-0.1, -0.05) is 18.6 Å². The zero-order valence-corrected chi connectivity index (χ0v) is 10.9. The first-order valence-electron chi connectivity index (χ1n) is 6.60. The molecule has 3 nitrogen and oxygen atoms in total. The van der Waals surface area contributed by atoms with Crippen LogP contribution in [0.25, 0.3) is 0 Å². The molecule has 3 heteroatoms. The van der Waals surface area contributed by atoms with Gasteiger partial charge in [-0.05, 0) is 31.6 Å². The van der Waals surface area contributed by atoms with Crippen LogP contribution in [0.3, 0.4) is 0 Å². The van der Waals surface area contributed by atoms with Gasteiger partial charge in [-0.25, -0.2) is 0 Å². The van der Waals surface area contributed by atoms with E-state index in [4.69, 9.17) is 10.00 Å². The van der Waals surface area contributed by atoms with Crippen LogP contribution in [0.15, 0.2) is 11.6 Å². The average Bonchev–Trinajstić information content (AvgIpc) is 2.34. The Kier molecular flexibility index (Phi) is 4.20. The molecule has 3 atom stereocenters. The fraction of sp³-hybridized carbons (Fsp3) is 0.786. The van der Waals surface area contributed by atoms with E-state index in [9.17, 15) is 0 Å². The maximum absolute atomic E-state index is 9.14. The summed E-state index contributed by atoms with van der Waals surface area (Å²) in [5.41, 5.74) is 1.51. The van der Waals surface area contributed by atoms with E-state index in [1.807, 2.05) is 0 Å². The Bertz CT molecular complexity index is 332. The molecule has 0 aromatic rings. The van der Waals surface area contributed by atoms with Crippen LogP contribution in [0.1, 0.15) is 26.7 Å². The first-order valence-corrected chi connectivity index (χ1v) is 6.60. The Morgan fingerprint density at radius 3 is 3.12 bits per heavy atom. The van der Waals surface area contributed by atoms with Crippen LogP contribution in [0.4, 0.5) is 0 Å².